The van der Waals surface area contributed by atoms with Crippen LogP contribution < -0.4 is 10.5 Å². The van der Waals surface area contributed by atoms with Crippen molar-refractivity contribution >= 4 is 0 Å². The Morgan fingerprint density at radius 1 is 1.16 bits per heavy atom. The molecule has 1 fully saturated rings. The largest absolute Gasteiger partial charge is 0.487 e. The fourth-order valence-corrected chi connectivity index (χ4v) is 4.29. The minimum absolute atomic E-state index is 0.0151. The molecule has 3 unspecified atom stereocenters. The van der Waals surface area contributed by atoms with E-state index in [-0.39, 0.29) is 11.6 Å². The van der Waals surface area contributed by atoms with Crippen molar-refractivity contribution in [2.45, 2.75) is 58.1 Å². The van der Waals surface area contributed by atoms with Crippen LogP contribution >= 0.6 is 0 Å². The van der Waals surface area contributed by atoms with Crippen LogP contribution in [-0.2, 0) is 0 Å². The van der Waals surface area contributed by atoms with E-state index < -0.39 is 0 Å². The highest BCUT2D eigenvalue weighted by atomic mass is 16.5. The molecule has 1 spiro atoms. The summed E-state index contributed by atoms with van der Waals surface area (Å²) in [5, 5.41) is 0. The van der Waals surface area contributed by atoms with Crippen molar-refractivity contribution in [1.82, 2.24) is 0 Å². The molecule has 2 nitrogen and oxygen atoms in total. The van der Waals surface area contributed by atoms with Crippen molar-refractivity contribution in [3.05, 3.63) is 29.3 Å². The average Bonchev–Trinajstić information content (AvgIpc) is 2.28. The minimum atomic E-state index is -0.0151. The van der Waals surface area contributed by atoms with E-state index in [1.54, 1.807) is 0 Å². The molecule has 0 saturated heterocycles. The average molecular weight is 259 g/mol. The van der Waals surface area contributed by atoms with Crippen molar-refractivity contribution in [3.8, 4) is 5.75 Å². The van der Waals surface area contributed by atoms with Crippen LogP contribution in [0.4, 0.5) is 0 Å². The molecule has 1 heterocycles. The second-order valence-corrected chi connectivity index (χ2v) is 6.99. The Kier molecular flexibility index (Phi) is 3.09. The van der Waals surface area contributed by atoms with E-state index >= 15 is 0 Å². The highest BCUT2D eigenvalue weighted by Crippen LogP contribution is 2.48. The Hall–Kier alpha value is -1.02. The maximum atomic E-state index is 6.45. The minimum Gasteiger partial charge on any atom is -0.487 e. The highest BCUT2D eigenvalue weighted by molar-refractivity contribution is 5.41. The molecule has 0 aromatic heterocycles. The van der Waals surface area contributed by atoms with Crippen LogP contribution in [0.15, 0.2) is 18.2 Å². The van der Waals surface area contributed by atoms with Crippen molar-refractivity contribution in [1.29, 1.82) is 0 Å². The fraction of sp³-hybridized carbons (Fsp3) is 0.647. The Bertz CT molecular complexity index is 472. The second-order valence-electron chi connectivity index (χ2n) is 6.99. The molecule has 1 aliphatic heterocycles. The number of hydrogen-bond donors (Lipinski definition) is 1. The summed E-state index contributed by atoms with van der Waals surface area (Å²) >= 11 is 0. The van der Waals surface area contributed by atoms with Crippen LogP contribution in [0, 0.1) is 18.8 Å². The standard InChI is InChI=1S/C17H25NO/c1-11-4-5-16-14(7-11)15(18)10-17(19-16)8-12(2)6-13(3)9-17/h4-5,7,12-13,15H,6,8-10,18H2,1-3H3. The zero-order valence-electron chi connectivity index (χ0n) is 12.3. The van der Waals surface area contributed by atoms with Crippen molar-refractivity contribution in [2.24, 2.45) is 17.6 Å². The van der Waals surface area contributed by atoms with Gasteiger partial charge in [0.05, 0.1) is 0 Å². The summed E-state index contributed by atoms with van der Waals surface area (Å²) in [6.07, 6.45) is 4.59. The van der Waals surface area contributed by atoms with E-state index in [2.05, 4.69) is 39.0 Å². The SMILES string of the molecule is Cc1ccc2c(c1)C(N)CC1(CC(C)CC(C)C1)O2. The zero-order valence-corrected chi connectivity index (χ0v) is 12.3. The fourth-order valence-electron chi connectivity index (χ4n) is 4.29. The quantitative estimate of drug-likeness (QED) is 0.765. The molecule has 0 bridgehead atoms. The molecule has 19 heavy (non-hydrogen) atoms. The number of rotatable bonds is 0. The van der Waals surface area contributed by atoms with Crippen LogP contribution in [-0.4, -0.2) is 5.60 Å². The molecule has 2 heteroatoms. The number of hydrogen-bond acceptors (Lipinski definition) is 2. The summed E-state index contributed by atoms with van der Waals surface area (Å²) in [4.78, 5) is 0. The van der Waals surface area contributed by atoms with Crippen LogP contribution in [0.25, 0.3) is 0 Å². The summed E-state index contributed by atoms with van der Waals surface area (Å²) in [6.45, 7) is 6.80. The van der Waals surface area contributed by atoms with E-state index in [9.17, 15) is 0 Å². The van der Waals surface area contributed by atoms with Crippen LogP contribution in [0.1, 0.15) is 56.7 Å². The van der Waals surface area contributed by atoms with Crippen molar-refractivity contribution in [3.63, 3.8) is 0 Å². The monoisotopic (exact) mass is 259 g/mol. The molecular weight excluding hydrogens is 234 g/mol. The number of nitrogens with two attached hydrogens (primary N) is 1. The summed E-state index contributed by atoms with van der Waals surface area (Å²) in [5.41, 5.74) is 8.87. The van der Waals surface area contributed by atoms with Gasteiger partial charge >= 0.3 is 0 Å². The maximum Gasteiger partial charge on any atom is 0.124 e. The van der Waals surface area contributed by atoms with Gasteiger partial charge in [-0.3, -0.25) is 0 Å². The Labute approximate surface area is 116 Å². The Morgan fingerprint density at radius 2 is 1.84 bits per heavy atom. The lowest BCUT2D eigenvalue weighted by atomic mass is 9.69. The van der Waals surface area contributed by atoms with E-state index in [0.29, 0.717) is 0 Å². The Balaban J connectivity index is 1.94. The predicted octanol–water partition coefficient (Wildman–Crippen LogP) is 3.97. The molecule has 1 saturated carbocycles. The number of aryl methyl sites for hydroxylation is 1. The maximum absolute atomic E-state index is 6.45. The highest BCUT2D eigenvalue weighted by Gasteiger charge is 2.44. The van der Waals surface area contributed by atoms with Gasteiger partial charge in [-0.2, -0.15) is 0 Å². The van der Waals surface area contributed by atoms with E-state index in [0.717, 1.165) is 36.8 Å². The molecule has 1 aliphatic carbocycles. The van der Waals surface area contributed by atoms with Gasteiger partial charge in [0.15, 0.2) is 0 Å². The number of fused-ring (bicyclic) bond motifs is 1. The lowest BCUT2D eigenvalue weighted by Gasteiger charge is -2.47. The first-order valence-corrected chi connectivity index (χ1v) is 7.52. The molecular formula is C17H25NO. The first-order chi connectivity index (χ1) is 8.97. The summed E-state index contributed by atoms with van der Waals surface area (Å²) < 4.78 is 6.45. The molecule has 3 rings (SSSR count). The molecule has 1 aromatic rings. The lowest BCUT2D eigenvalue weighted by molar-refractivity contribution is -0.0311. The molecule has 2 N–H and O–H groups in total. The summed E-state index contributed by atoms with van der Waals surface area (Å²) in [7, 11) is 0. The zero-order chi connectivity index (χ0) is 13.6. The van der Waals surface area contributed by atoms with E-state index in [1.807, 2.05) is 0 Å². The molecule has 104 valence electrons. The smallest absolute Gasteiger partial charge is 0.124 e. The van der Waals surface area contributed by atoms with Gasteiger partial charge in [0.25, 0.3) is 0 Å². The van der Waals surface area contributed by atoms with Gasteiger partial charge in [-0.05, 0) is 44.1 Å². The van der Waals surface area contributed by atoms with Crippen molar-refractivity contribution < 1.29 is 4.74 Å². The van der Waals surface area contributed by atoms with Gasteiger partial charge in [-0.15, -0.1) is 0 Å². The van der Waals surface area contributed by atoms with Crippen LogP contribution in [0.3, 0.4) is 0 Å². The van der Waals surface area contributed by atoms with Gasteiger partial charge < -0.3 is 10.5 Å². The summed E-state index contributed by atoms with van der Waals surface area (Å²) in [6, 6.07) is 6.54. The molecule has 3 atom stereocenters. The van der Waals surface area contributed by atoms with Gasteiger partial charge in [0.1, 0.15) is 11.4 Å². The van der Waals surface area contributed by atoms with E-state index in [1.165, 1.54) is 17.5 Å². The Morgan fingerprint density at radius 3 is 2.53 bits per heavy atom. The molecule has 0 amide bonds. The molecule has 1 aromatic carbocycles. The summed E-state index contributed by atoms with van der Waals surface area (Å²) in [5.74, 6) is 2.50. The second kappa shape index (κ2) is 4.52. The van der Waals surface area contributed by atoms with Gasteiger partial charge in [0.2, 0.25) is 0 Å². The van der Waals surface area contributed by atoms with Gasteiger partial charge in [0, 0.05) is 18.0 Å². The number of ether oxygens (including phenoxy) is 1. The molecule has 2 aliphatic rings. The topological polar surface area (TPSA) is 35.2 Å². The third kappa shape index (κ3) is 2.38. The van der Waals surface area contributed by atoms with E-state index in [4.69, 9.17) is 10.5 Å². The predicted molar refractivity (Wildman–Crippen MR) is 78.3 cm³/mol. The molecule has 0 radical (unpaired) electrons. The first-order valence-electron chi connectivity index (χ1n) is 7.52. The lowest BCUT2D eigenvalue weighted by Crippen LogP contribution is -2.48. The van der Waals surface area contributed by atoms with Gasteiger partial charge in [-0.1, -0.05) is 31.5 Å². The first kappa shape index (κ1) is 13.0. The van der Waals surface area contributed by atoms with Crippen molar-refractivity contribution in [2.75, 3.05) is 0 Å². The van der Waals surface area contributed by atoms with Gasteiger partial charge in [-0.25, -0.2) is 0 Å². The van der Waals surface area contributed by atoms with Crippen LogP contribution in [0.2, 0.25) is 0 Å². The normalized spacial score (nSPS) is 37.8. The number of benzene rings is 1. The third-order valence-corrected chi connectivity index (χ3v) is 4.73. The van der Waals surface area contributed by atoms with Crippen LogP contribution in [0.5, 0.6) is 5.75 Å². The third-order valence-electron chi connectivity index (χ3n) is 4.73.